The van der Waals surface area contributed by atoms with Crippen molar-refractivity contribution in [1.82, 2.24) is 5.32 Å². The molecule has 0 saturated heterocycles. The Kier molecular flexibility index (Phi) is 7.00. The molecule has 1 atom stereocenters. The summed E-state index contributed by atoms with van der Waals surface area (Å²) in [7, 11) is 0. The fourth-order valence-electron chi connectivity index (χ4n) is 1.91. The highest BCUT2D eigenvalue weighted by atomic mass is 32.2. The van der Waals surface area contributed by atoms with E-state index in [9.17, 15) is 4.79 Å². The SMILES string of the molecule is C[C@H](Sc1ccccc1)C(=O)NCCOCc1ccccc1. The highest BCUT2D eigenvalue weighted by Gasteiger charge is 2.13. The van der Waals surface area contributed by atoms with Gasteiger partial charge in [0.25, 0.3) is 0 Å². The minimum Gasteiger partial charge on any atom is -0.375 e. The maximum Gasteiger partial charge on any atom is 0.233 e. The summed E-state index contributed by atoms with van der Waals surface area (Å²) in [6.45, 7) is 3.54. The zero-order chi connectivity index (χ0) is 15.6. The van der Waals surface area contributed by atoms with Gasteiger partial charge in [-0.1, -0.05) is 48.5 Å². The molecule has 116 valence electrons. The number of amides is 1. The van der Waals surface area contributed by atoms with Gasteiger partial charge < -0.3 is 10.1 Å². The van der Waals surface area contributed by atoms with Crippen LogP contribution in [0.3, 0.4) is 0 Å². The third-order valence-electron chi connectivity index (χ3n) is 3.08. The average Bonchev–Trinajstić information content (AvgIpc) is 2.56. The van der Waals surface area contributed by atoms with Crippen LogP contribution >= 0.6 is 11.8 Å². The topological polar surface area (TPSA) is 38.3 Å². The Bertz CT molecular complexity index is 560. The van der Waals surface area contributed by atoms with Gasteiger partial charge >= 0.3 is 0 Å². The number of hydrogen-bond donors (Lipinski definition) is 1. The standard InChI is InChI=1S/C18H21NO2S/c1-15(22-17-10-6-3-7-11-17)18(20)19-12-13-21-14-16-8-4-2-5-9-16/h2-11,15H,12-14H2,1H3,(H,19,20)/t15-/m0/s1. The van der Waals surface area contributed by atoms with Crippen LogP contribution in [-0.4, -0.2) is 24.3 Å². The number of benzene rings is 2. The summed E-state index contributed by atoms with van der Waals surface area (Å²) in [5.74, 6) is 0.0390. The summed E-state index contributed by atoms with van der Waals surface area (Å²) in [6, 6.07) is 20.0. The minimum atomic E-state index is -0.114. The molecule has 0 aliphatic carbocycles. The Labute approximate surface area is 136 Å². The number of carbonyl (C=O) groups is 1. The Morgan fingerprint density at radius 1 is 1.09 bits per heavy atom. The number of carbonyl (C=O) groups excluding carboxylic acids is 1. The smallest absolute Gasteiger partial charge is 0.233 e. The molecule has 0 spiro atoms. The van der Waals surface area contributed by atoms with Crippen molar-refractivity contribution >= 4 is 17.7 Å². The van der Waals surface area contributed by atoms with Crippen molar-refractivity contribution in [3.63, 3.8) is 0 Å². The van der Waals surface area contributed by atoms with Crippen molar-refractivity contribution in [3.8, 4) is 0 Å². The molecule has 3 nitrogen and oxygen atoms in total. The zero-order valence-corrected chi connectivity index (χ0v) is 13.5. The summed E-state index contributed by atoms with van der Waals surface area (Å²) < 4.78 is 5.55. The molecule has 0 radical (unpaired) electrons. The van der Waals surface area contributed by atoms with Crippen LogP contribution in [0.1, 0.15) is 12.5 Å². The Hall–Kier alpha value is -1.78. The zero-order valence-electron chi connectivity index (χ0n) is 12.7. The molecular formula is C18H21NO2S. The van der Waals surface area contributed by atoms with Crippen LogP contribution in [0.25, 0.3) is 0 Å². The molecule has 2 aromatic carbocycles. The van der Waals surface area contributed by atoms with Crippen LogP contribution in [0, 0.1) is 0 Å². The number of rotatable bonds is 8. The molecular weight excluding hydrogens is 294 g/mol. The van der Waals surface area contributed by atoms with Crippen molar-refractivity contribution in [2.24, 2.45) is 0 Å². The lowest BCUT2D eigenvalue weighted by atomic mass is 10.2. The summed E-state index contributed by atoms with van der Waals surface area (Å²) in [4.78, 5) is 13.1. The second-order valence-electron chi connectivity index (χ2n) is 4.90. The van der Waals surface area contributed by atoms with Crippen molar-refractivity contribution in [1.29, 1.82) is 0 Å². The van der Waals surface area contributed by atoms with E-state index in [0.717, 1.165) is 10.5 Å². The van der Waals surface area contributed by atoms with Gasteiger partial charge in [-0.25, -0.2) is 0 Å². The third kappa shape index (κ3) is 5.92. The molecule has 0 saturated carbocycles. The molecule has 0 aliphatic rings. The van der Waals surface area contributed by atoms with Gasteiger partial charge in [-0.05, 0) is 24.6 Å². The first kappa shape index (κ1) is 16.6. The van der Waals surface area contributed by atoms with Crippen LogP contribution in [0.15, 0.2) is 65.6 Å². The Morgan fingerprint density at radius 2 is 1.73 bits per heavy atom. The molecule has 2 aromatic rings. The Balaban J connectivity index is 1.61. The molecule has 22 heavy (non-hydrogen) atoms. The van der Waals surface area contributed by atoms with Gasteiger partial charge in [0.15, 0.2) is 0 Å². The van der Waals surface area contributed by atoms with Gasteiger partial charge in [-0.2, -0.15) is 0 Å². The lowest BCUT2D eigenvalue weighted by Gasteiger charge is -2.12. The van der Waals surface area contributed by atoms with E-state index < -0.39 is 0 Å². The molecule has 0 aliphatic heterocycles. The Morgan fingerprint density at radius 3 is 2.41 bits per heavy atom. The van der Waals surface area contributed by atoms with Crippen LogP contribution < -0.4 is 5.32 Å². The van der Waals surface area contributed by atoms with E-state index in [1.54, 1.807) is 11.8 Å². The number of nitrogens with one attached hydrogen (secondary N) is 1. The molecule has 0 unspecified atom stereocenters. The molecule has 0 fully saturated rings. The summed E-state index contributed by atoms with van der Waals surface area (Å²) in [6.07, 6.45) is 0. The second-order valence-corrected chi connectivity index (χ2v) is 6.32. The van der Waals surface area contributed by atoms with E-state index in [-0.39, 0.29) is 11.2 Å². The van der Waals surface area contributed by atoms with Crippen molar-refractivity contribution in [2.45, 2.75) is 23.7 Å². The van der Waals surface area contributed by atoms with Gasteiger partial charge in [0.05, 0.1) is 18.5 Å². The van der Waals surface area contributed by atoms with Crippen molar-refractivity contribution < 1.29 is 9.53 Å². The van der Waals surface area contributed by atoms with E-state index in [4.69, 9.17) is 4.74 Å². The molecule has 4 heteroatoms. The van der Waals surface area contributed by atoms with E-state index in [1.165, 1.54) is 0 Å². The van der Waals surface area contributed by atoms with Gasteiger partial charge in [-0.15, -0.1) is 11.8 Å². The van der Waals surface area contributed by atoms with Crippen LogP contribution in [0.2, 0.25) is 0 Å². The lowest BCUT2D eigenvalue weighted by Crippen LogP contribution is -2.33. The van der Waals surface area contributed by atoms with Crippen LogP contribution in [0.4, 0.5) is 0 Å². The van der Waals surface area contributed by atoms with Crippen LogP contribution in [0.5, 0.6) is 0 Å². The first-order valence-corrected chi connectivity index (χ1v) is 8.25. The van der Waals surface area contributed by atoms with E-state index in [0.29, 0.717) is 19.8 Å². The molecule has 0 heterocycles. The number of thioether (sulfide) groups is 1. The monoisotopic (exact) mass is 315 g/mol. The number of hydrogen-bond acceptors (Lipinski definition) is 3. The van der Waals surface area contributed by atoms with Gasteiger partial charge in [0.1, 0.15) is 0 Å². The van der Waals surface area contributed by atoms with Crippen LogP contribution in [-0.2, 0) is 16.1 Å². The second kappa shape index (κ2) is 9.28. The lowest BCUT2D eigenvalue weighted by molar-refractivity contribution is -0.120. The quantitative estimate of drug-likeness (QED) is 0.598. The molecule has 0 aromatic heterocycles. The van der Waals surface area contributed by atoms with Crippen molar-refractivity contribution in [2.75, 3.05) is 13.2 Å². The van der Waals surface area contributed by atoms with Gasteiger partial charge in [0, 0.05) is 11.4 Å². The highest BCUT2D eigenvalue weighted by molar-refractivity contribution is 8.00. The highest BCUT2D eigenvalue weighted by Crippen LogP contribution is 2.22. The molecule has 1 amide bonds. The average molecular weight is 315 g/mol. The van der Waals surface area contributed by atoms with E-state index in [2.05, 4.69) is 5.32 Å². The summed E-state index contributed by atoms with van der Waals surface area (Å²) >= 11 is 1.56. The minimum absolute atomic E-state index is 0.0390. The first-order chi connectivity index (χ1) is 10.8. The van der Waals surface area contributed by atoms with Gasteiger partial charge in [0.2, 0.25) is 5.91 Å². The fraction of sp³-hybridized carbons (Fsp3) is 0.278. The van der Waals surface area contributed by atoms with E-state index in [1.807, 2.05) is 67.6 Å². The maximum atomic E-state index is 12.0. The predicted octanol–water partition coefficient (Wildman–Crippen LogP) is 3.50. The fourth-order valence-corrected chi connectivity index (χ4v) is 2.82. The van der Waals surface area contributed by atoms with E-state index >= 15 is 0 Å². The van der Waals surface area contributed by atoms with Gasteiger partial charge in [-0.3, -0.25) is 4.79 Å². The van der Waals surface area contributed by atoms with Crippen molar-refractivity contribution in [3.05, 3.63) is 66.2 Å². The maximum absolute atomic E-state index is 12.0. The number of ether oxygens (including phenoxy) is 1. The largest absolute Gasteiger partial charge is 0.375 e. The molecule has 2 rings (SSSR count). The normalized spacial score (nSPS) is 11.9. The first-order valence-electron chi connectivity index (χ1n) is 7.37. The third-order valence-corrected chi connectivity index (χ3v) is 4.19. The summed E-state index contributed by atoms with van der Waals surface area (Å²) in [5, 5.41) is 2.79. The predicted molar refractivity (Wildman–Crippen MR) is 90.9 cm³/mol. The molecule has 1 N–H and O–H groups in total. The summed E-state index contributed by atoms with van der Waals surface area (Å²) in [5.41, 5.74) is 1.14. The molecule has 0 bridgehead atoms.